The summed E-state index contributed by atoms with van der Waals surface area (Å²) in [5, 5.41) is 13.2. The Morgan fingerprint density at radius 1 is 1.25 bits per heavy atom. The number of carbonyl (C=O) groups is 1. The molecule has 0 aliphatic carbocycles. The lowest BCUT2D eigenvalue weighted by atomic mass is 10.1. The predicted octanol–water partition coefficient (Wildman–Crippen LogP) is 3.68. The van der Waals surface area contributed by atoms with Crippen LogP contribution >= 0.6 is 0 Å². The van der Waals surface area contributed by atoms with E-state index in [9.17, 15) is 9.90 Å². The van der Waals surface area contributed by atoms with Gasteiger partial charge in [0.05, 0.1) is 19.6 Å². The fraction of sp³-hybridized carbons (Fsp3) is 0.211. The fourth-order valence-corrected chi connectivity index (χ4v) is 2.58. The smallest absolute Gasteiger partial charge is 0.234 e. The van der Waals surface area contributed by atoms with Crippen LogP contribution in [0.25, 0.3) is 11.0 Å². The van der Waals surface area contributed by atoms with Gasteiger partial charge in [0.1, 0.15) is 17.1 Å². The zero-order valence-corrected chi connectivity index (χ0v) is 13.6. The number of amides is 1. The molecule has 0 radical (unpaired) electrons. The Kier molecular flexibility index (Phi) is 4.53. The van der Waals surface area contributed by atoms with E-state index in [4.69, 9.17) is 9.15 Å². The molecule has 1 atom stereocenters. The number of hydrogen-bond acceptors (Lipinski definition) is 4. The van der Waals surface area contributed by atoms with Gasteiger partial charge in [-0.25, -0.2) is 0 Å². The molecule has 1 unspecified atom stereocenters. The van der Waals surface area contributed by atoms with Crippen LogP contribution in [-0.2, 0) is 11.4 Å². The molecule has 1 amide bonds. The van der Waals surface area contributed by atoms with Crippen LogP contribution in [0.15, 0.2) is 52.9 Å². The normalized spacial score (nSPS) is 12.1. The molecular formula is C19H19NO4. The highest BCUT2D eigenvalue weighted by Gasteiger charge is 2.20. The predicted molar refractivity (Wildman–Crippen MR) is 92.2 cm³/mol. The summed E-state index contributed by atoms with van der Waals surface area (Å²) < 4.78 is 10.9. The van der Waals surface area contributed by atoms with Gasteiger partial charge in [0, 0.05) is 16.6 Å². The SMILES string of the molecule is COc1ccc(NC(=O)C(C)c2cc3ccccc3o2)cc1CO. The first-order valence-corrected chi connectivity index (χ1v) is 7.69. The number of methoxy groups -OCH3 is 1. The molecule has 0 aliphatic rings. The zero-order chi connectivity index (χ0) is 17.1. The van der Waals surface area contributed by atoms with E-state index in [2.05, 4.69) is 5.32 Å². The Morgan fingerprint density at radius 3 is 2.75 bits per heavy atom. The maximum atomic E-state index is 12.5. The number of aliphatic hydroxyl groups is 1. The van der Waals surface area contributed by atoms with Crippen LogP contribution in [0.5, 0.6) is 5.75 Å². The highest BCUT2D eigenvalue weighted by atomic mass is 16.5. The molecule has 0 spiro atoms. The molecular weight excluding hydrogens is 306 g/mol. The lowest BCUT2D eigenvalue weighted by molar-refractivity contribution is -0.117. The largest absolute Gasteiger partial charge is 0.496 e. The van der Waals surface area contributed by atoms with Crippen LogP contribution in [-0.4, -0.2) is 18.1 Å². The second-order valence-corrected chi connectivity index (χ2v) is 5.58. The average Bonchev–Trinajstić information content (AvgIpc) is 3.04. The van der Waals surface area contributed by atoms with Crippen LogP contribution in [0.2, 0.25) is 0 Å². The van der Waals surface area contributed by atoms with Crippen molar-refractivity contribution in [1.82, 2.24) is 0 Å². The molecule has 0 aliphatic heterocycles. The molecule has 5 heteroatoms. The van der Waals surface area contributed by atoms with Gasteiger partial charge in [0.25, 0.3) is 0 Å². The molecule has 2 N–H and O–H groups in total. The molecule has 0 bridgehead atoms. The summed E-state index contributed by atoms with van der Waals surface area (Å²) in [5.41, 5.74) is 1.98. The number of furan rings is 1. The minimum atomic E-state index is -0.433. The van der Waals surface area contributed by atoms with Gasteiger partial charge in [-0.15, -0.1) is 0 Å². The van der Waals surface area contributed by atoms with E-state index in [0.29, 0.717) is 22.8 Å². The van der Waals surface area contributed by atoms with Crippen molar-refractivity contribution < 1.29 is 19.1 Å². The zero-order valence-electron chi connectivity index (χ0n) is 13.6. The highest BCUT2D eigenvalue weighted by molar-refractivity contribution is 5.96. The third-order valence-corrected chi connectivity index (χ3v) is 3.98. The minimum absolute atomic E-state index is 0.161. The molecule has 0 fully saturated rings. The van der Waals surface area contributed by atoms with Gasteiger partial charge in [-0.3, -0.25) is 4.79 Å². The number of ether oxygens (including phenoxy) is 1. The van der Waals surface area contributed by atoms with E-state index in [0.717, 1.165) is 11.0 Å². The van der Waals surface area contributed by atoms with Crippen molar-refractivity contribution in [3.63, 3.8) is 0 Å². The summed E-state index contributed by atoms with van der Waals surface area (Å²) in [4.78, 5) is 12.5. The Balaban J connectivity index is 1.78. The Labute approximate surface area is 139 Å². The first-order chi connectivity index (χ1) is 11.6. The van der Waals surface area contributed by atoms with Crippen molar-refractivity contribution in [2.75, 3.05) is 12.4 Å². The van der Waals surface area contributed by atoms with Crippen LogP contribution in [0.4, 0.5) is 5.69 Å². The maximum Gasteiger partial charge on any atom is 0.234 e. The topological polar surface area (TPSA) is 71.7 Å². The number of nitrogens with one attached hydrogen (secondary N) is 1. The third-order valence-electron chi connectivity index (χ3n) is 3.98. The number of hydrogen-bond donors (Lipinski definition) is 2. The number of anilines is 1. The van der Waals surface area contributed by atoms with Crippen molar-refractivity contribution in [2.45, 2.75) is 19.4 Å². The number of carbonyl (C=O) groups excluding carboxylic acids is 1. The average molecular weight is 325 g/mol. The lowest BCUT2D eigenvalue weighted by Gasteiger charge is -2.12. The monoisotopic (exact) mass is 325 g/mol. The van der Waals surface area contributed by atoms with Gasteiger partial charge in [0.15, 0.2) is 0 Å². The van der Waals surface area contributed by atoms with Crippen molar-refractivity contribution in [3.8, 4) is 5.75 Å². The molecule has 1 aromatic heterocycles. The van der Waals surface area contributed by atoms with Crippen LogP contribution < -0.4 is 10.1 Å². The van der Waals surface area contributed by atoms with Gasteiger partial charge < -0.3 is 19.6 Å². The maximum absolute atomic E-state index is 12.5. The molecule has 0 saturated carbocycles. The van der Waals surface area contributed by atoms with E-state index < -0.39 is 5.92 Å². The number of rotatable bonds is 5. The molecule has 2 aromatic carbocycles. The second-order valence-electron chi connectivity index (χ2n) is 5.58. The van der Waals surface area contributed by atoms with Crippen molar-refractivity contribution in [3.05, 3.63) is 59.9 Å². The van der Waals surface area contributed by atoms with Crippen molar-refractivity contribution in [2.24, 2.45) is 0 Å². The quantitative estimate of drug-likeness (QED) is 0.751. The third kappa shape index (κ3) is 3.12. The Morgan fingerprint density at radius 2 is 2.04 bits per heavy atom. The summed E-state index contributed by atoms with van der Waals surface area (Å²) >= 11 is 0. The summed E-state index contributed by atoms with van der Waals surface area (Å²) in [7, 11) is 1.54. The number of aliphatic hydroxyl groups excluding tert-OH is 1. The van der Waals surface area contributed by atoms with Gasteiger partial charge in [-0.05, 0) is 37.3 Å². The molecule has 3 aromatic rings. The minimum Gasteiger partial charge on any atom is -0.496 e. The molecule has 24 heavy (non-hydrogen) atoms. The van der Waals surface area contributed by atoms with E-state index >= 15 is 0 Å². The van der Waals surface area contributed by atoms with E-state index in [1.165, 1.54) is 7.11 Å². The van der Waals surface area contributed by atoms with Gasteiger partial charge in [0.2, 0.25) is 5.91 Å². The van der Waals surface area contributed by atoms with E-state index in [-0.39, 0.29) is 12.5 Å². The number of para-hydroxylation sites is 1. The second kappa shape index (κ2) is 6.76. The summed E-state index contributed by atoms with van der Waals surface area (Å²) in [6.45, 7) is 1.63. The molecule has 0 saturated heterocycles. The first kappa shape index (κ1) is 16.1. The highest BCUT2D eigenvalue weighted by Crippen LogP contribution is 2.27. The van der Waals surface area contributed by atoms with Crippen LogP contribution in [0, 0.1) is 0 Å². The standard InChI is InChI=1S/C19H19NO4/c1-12(18-10-13-5-3-4-6-17(13)24-18)19(22)20-15-7-8-16(23-2)14(9-15)11-21/h3-10,12,21H,11H2,1-2H3,(H,20,22). The molecule has 3 rings (SSSR count). The van der Waals surface area contributed by atoms with Gasteiger partial charge in [-0.1, -0.05) is 18.2 Å². The fourth-order valence-electron chi connectivity index (χ4n) is 2.58. The van der Waals surface area contributed by atoms with Gasteiger partial charge >= 0.3 is 0 Å². The number of benzene rings is 2. The van der Waals surface area contributed by atoms with Crippen molar-refractivity contribution >= 4 is 22.6 Å². The van der Waals surface area contributed by atoms with Crippen LogP contribution in [0.1, 0.15) is 24.2 Å². The Bertz CT molecular complexity index is 836. The Hall–Kier alpha value is -2.79. The van der Waals surface area contributed by atoms with E-state index in [1.807, 2.05) is 30.3 Å². The summed E-state index contributed by atoms with van der Waals surface area (Å²) in [6, 6.07) is 14.7. The molecule has 124 valence electrons. The lowest BCUT2D eigenvalue weighted by Crippen LogP contribution is -2.18. The molecule has 1 heterocycles. The van der Waals surface area contributed by atoms with Gasteiger partial charge in [-0.2, -0.15) is 0 Å². The van der Waals surface area contributed by atoms with Crippen LogP contribution in [0.3, 0.4) is 0 Å². The number of fused-ring (bicyclic) bond motifs is 1. The summed E-state index contributed by atoms with van der Waals surface area (Å²) in [5.74, 6) is 0.589. The first-order valence-electron chi connectivity index (χ1n) is 7.69. The van der Waals surface area contributed by atoms with E-state index in [1.54, 1.807) is 25.1 Å². The molecule has 5 nitrogen and oxygen atoms in total. The summed E-state index contributed by atoms with van der Waals surface area (Å²) in [6.07, 6.45) is 0. The van der Waals surface area contributed by atoms with Crippen molar-refractivity contribution in [1.29, 1.82) is 0 Å².